The summed E-state index contributed by atoms with van der Waals surface area (Å²) in [5.74, 6) is 1.81. The molecule has 0 amide bonds. The molecule has 0 bridgehead atoms. The first-order valence-corrected chi connectivity index (χ1v) is 6.33. The minimum absolute atomic E-state index is 0.261. The molecule has 2 aromatic carbocycles. The van der Waals surface area contributed by atoms with Gasteiger partial charge in [0.25, 0.3) is 0 Å². The lowest BCUT2D eigenvalue weighted by Crippen LogP contribution is -1.94. The highest BCUT2D eigenvalue weighted by molar-refractivity contribution is 5.88. The summed E-state index contributed by atoms with van der Waals surface area (Å²) >= 11 is 0. The monoisotopic (exact) mass is 269 g/mol. The first-order valence-electron chi connectivity index (χ1n) is 6.33. The molecule has 2 N–H and O–H groups in total. The van der Waals surface area contributed by atoms with Gasteiger partial charge in [0.1, 0.15) is 23.9 Å². The maximum absolute atomic E-state index is 9.91. The summed E-state index contributed by atoms with van der Waals surface area (Å²) in [5.41, 5.74) is 1.83. The predicted octanol–water partition coefficient (Wildman–Crippen LogP) is 3.46. The molecular formula is C16H15NO3. The van der Waals surface area contributed by atoms with E-state index in [1.54, 1.807) is 13.2 Å². The zero-order valence-electron chi connectivity index (χ0n) is 11.1. The van der Waals surface area contributed by atoms with Crippen LogP contribution in [0.3, 0.4) is 0 Å². The number of aromatic amines is 1. The molecule has 0 saturated carbocycles. The lowest BCUT2D eigenvalue weighted by Gasteiger charge is -2.07. The van der Waals surface area contributed by atoms with Gasteiger partial charge in [-0.15, -0.1) is 0 Å². The number of fused-ring (bicyclic) bond motifs is 1. The van der Waals surface area contributed by atoms with E-state index in [2.05, 4.69) is 4.98 Å². The van der Waals surface area contributed by atoms with Gasteiger partial charge >= 0.3 is 0 Å². The first-order chi connectivity index (χ1) is 9.78. The number of methoxy groups -OCH3 is 1. The molecule has 0 fully saturated rings. The van der Waals surface area contributed by atoms with Crippen LogP contribution < -0.4 is 9.47 Å². The van der Waals surface area contributed by atoms with E-state index in [4.69, 9.17) is 9.47 Å². The van der Waals surface area contributed by atoms with Crippen molar-refractivity contribution in [3.63, 3.8) is 0 Å². The maximum Gasteiger partial charge on any atom is 0.125 e. The van der Waals surface area contributed by atoms with Crippen molar-refractivity contribution in [2.75, 3.05) is 7.11 Å². The fourth-order valence-electron chi connectivity index (χ4n) is 2.18. The van der Waals surface area contributed by atoms with Gasteiger partial charge < -0.3 is 19.6 Å². The number of phenolic OH excluding ortho intramolecular Hbond substituents is 1. The van der Waals surface area contributed by atoms with Gasteiger partial charge in [0.2, 0.25) is 0 Å². The number of rotatable bonds is 4. The molecule has 3 aromatic rings. The number of benzene rings is 2. The van der Waals surface area contributed by atoms with Gasteiger partial charge in [0.15, 0.2) is 0 Å². The zero-order chi connectivity index (χ0) is 13.9. The van der Waals surface area contributed by atoms with E-state index in [9.17, 15) is 5.11 Å². The van der Waals surface area contributed by atoms with E-state index in [1.807, 2.05) is 42.6 Å². The Morgan fingerprint density at radius 1 is 1.05 bits per heavy atom. The molecule has 20 heavy (non-hydrogen) atoms. The van der Waals surface area contributed by atoms with Crippen LogP contribution in [-0.4, -0.2) is 17.2 Å². The van der Waals surface area contributed by atoms with Crippen LogP contribution in [0, 0.1) is 0 Å². The van der Waals surface area contributed by atoms with Crippen LogP contribution in [0.25, 0.3) is 10.9 Å². The van der Waals surface area contributed by atoms with E-state index in [1.165, 1.54) is 0 Å². The summed E-state index contributed by atoms with van der Waals surface area (Å²) in [6.45, 7) is 0.393. The number of nitrogens with one attached hydrogen (secondary N) is 1. The highest BCUT2D eigenvalue weighted by Crippen LogP contribution is 2.28. The average molecular weight is 269 g/mol. The fraction of sp³-hybridized carbons (Fsp3) is 0.125. The fourth-order valence-corrected chi connectivity index (χ4v) is 2.18. The maximum atomic E-state index is 9.91. The third-order valence-corrected chi connectivity index (χ3v) is 3.22. The minimum Gasteiger partial charge on any atom is -0.507 e. The van der Waals surface area contributed by atoms with E-state index in [0.717, 1.165) is 28.0 Å². The number of hydrogen-bond donors (Lipinski definition) is 2. The van der Waals surface area contributed by atoms with Gasteiger partial charge in [-0.25, -0.2) is 0 Å². The van der Waals surface area contributed by atoms with Crippen LogP contribution in [0.1, 0.15) is 5.56 Å². The summed E-state index contributed by atoms with van der Waals surface area (Å²) in [6.07, 6.45) is 1.86. The molecule has 4 nitrogen and oxygen atoms in total. The minimum atomic E-state index is 0.261. The molecular weight excluding hydrogens is 254 g/mol. The Hall–Kier alpha value is -2.62. The summed E-state index contributed by atoms with van der Waals surface area (Å²) in [5, 5.41) is 10.7. The third kappa shape index (κ3) is 2.28. The lowest BCUT2D eigenvalue weighted by molar-refractivity contribution is 0.306. The van der Waals surface area contributed by atoms with Crippen LogP contribution in [-0.2, 0) is 6.61 Å². The first kappa shape index (κ1) is 12.4. The van der Waals surface area contributed by atoms with Crippen LogP contribution >= 0.6 is 0 Å². The molecule has 0 aliphatic carbocycles. The SMILES string of the molecule is COc1ccc(OCc2c[nH]c3cccc(O)c23)cc1. The Morgan fingerprint density at radius 2 is 1.80 bits per heavy atom. The predicted molar refractivity (Wildman–Crippen MR) is 77.3 cm³/mol. The number of aromatic hydroxyl groups is 1. The van der Waals surface area contributed by atoms with Crippen LogP contribution in [0.15, 0.2) is 48.7 Å². The summed E-state index contributed by atoms with van der Waals surface area (Å²) in [4.78, 5) is 3.12. The van der Waals surface area contributed by atoms with E-state index >= 15 is 0 Å². The topological polar surface area (TPSA) is 54.5 Å². The molecule has 1 aromatic heterocycles. The second-order valence-corrected chi connectivity index (χ2v) is 4.48. The van der Waals surface area contributed by atoms with Crippen molar-refractivity contribution < 1.29 is 14.6 Å². The molecule has 0 unspecified atom stereocenters. The number of phenols is 1. The molecule has 3 rings (SSSR count). The van der Waals surface area contributed by atoms with Gasteiger partial charge in [-0.1, -0.05) is 6.07 Å². The Kier molecular flexibility index (Phi) is 3.21. The van der Waals surface area contributed by atoms with Gasteiger partial charge in [0.05, 0.1) is 7.11 Å². The van der Waals surface area contributed by atoms with Gasteiger partial charge in [-0.05, 0) is 36.4 Å². The molecule has 0 aliphatic heterocycles. The van der Waals surface area contributed by atoms with Crippen LogP contribution in [0.2, 0.25) is 0 Å². The van der Waals surface area contributed by atoms with E-state index < -0.39 is 0 Å². The third-order valence-electron chi connectivity index (χ3n) is 3.22. The van der Waals surface area contributed by atoms with E-state index in [0.29, 0.717) is 6.61 Å². The molecule has 102 valence electrons. The zero-order valence-corrected chi connectivity index (χ0v) is 11.1. The second kappa shape index (κ2) is 5.17. The highest BCUT2D eigenvalue weighted by Gasteiger charge is 2.08. The number of aromatic nitrogens is 1. The lowest BCUT2D eigenvalue weighted by atomic mass is 10.1. The Labute approximate surface area is 116 Å². The Balaban J connectivity index is 1.79. The van der Waals surface area contributed by atoms with Crippen molar-refractivity contribution in [1.82, 2.24) is 4.98 Å². The van der Waals surface area contributed by atoms with Crippen LogP contribution in [0.5, 0.6) is 17.2 Å². The number of H-pyrrole nitrogens is 1. The van der Waals surface area contributed by atoms with Gasteiger partial charge in [-0.3, -0.25) is 0 Å². The highest BCUT2D eigenvalue weighted by atomic mass is 16.5. The van der Waals surface area contributed by atoms with E-state index in [-0.39, 0.29) is 5.75 Å². The summed E-state index contributed by atoms with van der Waals surface area (Å²) < 4.78 is 10.8. The summed E-state index contributed by atoms with van der Waals surface area (Å²) in [7, 11) is 1.63. The van der Waals surface area contributed by atoms with Crippen molar-refractivity contribution in [2.45, 2.75) is 6.61 Å². The smallest absolute Gasteiger partial charge is 0.125 e. The van der Waals surface area contributed by atoms with Crippen molar-refractivity contribution in [2.24, 2.45) is 0 Å². The quantitative estimate of drug-likeness (QED) is 0.762. The molecule has 0 spiro atoms. The van der Waals surface area contributed by atoms with Crippen molar-refractivity contribution >= 4 is 10.9 Å². The van der Waals surface area contributed by atoms with Gasteiger partial charge in [-0.2, -0.15) is 0 Å². The van der Waals surface area contributed by atoms with Crippen molar-refractivity contribution in [3.8, 4) is 17.2 Å². The van der Waals surface area contributed by atoms with Crippen molar-refractivity contribution in [3.05, 3.63) is 54.2 Å². The Morgan fingerprint density at radius 3 is 2.55 bits per heavy atom. The largest absolute Gasteiger partial charge is 0.507 e. The molecule has 0 aliphatic rings. The van der Waals surface area contributed by atoms with Crippen molar-refractivity contribution in [1.29, 1.82) is 0 Å². The second-order valence-electron chi connectivity index (χ2n) is 4.48. The Bertz CT molecular complexity index is 716. The molecule has 0 atom stereocenters. The normalized spacial score (nSPS) is 10.7. The molecule has 1 heterocycles. The van der Waals surface area contributed by atoms with Gasteiger partial charge in [0, 0.05) is 22.7 Å². The molecule has 4 heteroatoms. The summed E-state index contributed by atoms with van der Waals surface area (Å²) in [6, 6.07) is 12.8. The number of ether oxygens (including phenoxy) is 2. The average Bonchev–Trinajstić information content (AvgIpc) is 2.90. The molecule has 0 saturated heterocycles. The standard InChI is InChI=1S/C16H15NO3/c1-19-12-5-7-13(8-6-12)20-10-11-9-17-14-3-2-4-15(18)16(11)14/h2-9,17-18H,10H2,1H3. The van der Waals surface area contributed by atoms with Crippen LogP contribution in [0.4, 0.5) is 0 Å². The number of hydrogen-bond acceptors (Lipinski definition) is 3. The molecule has 0 radical (unpaired) electrons.